The van der Waals surface area contributed by atoms with Crippen molar-refractivity contribution in [1.82, 2.24) is 0 Å². The standard InChI is InChI=1S/C13H17N3O3/c1-19-10-7-3-6-9(12(14)16-18)11(10)15-13(17)8-4-2-5-8/h3,6-8,18H,2,4-5H2,1H3,(H2,14,16)(H,15,17). The van der Waals surface area contributed by atoms with Gasteiger partial charge in [0.2, 0.25) is 5.91 Å². The van der Waals surface area contributed by atoms with Gasteiger partial charge in [-0.15, -0.1) is 0 Å². The molecule has 0 radical (unpaired) electrons. The molecule has 0 unspecified atom stereocenters. The van der Waals surface area contributed by atoms with Gasteiger partial charge >= 0.3 is 0 Å². The lowest BCUT2D eigenvalue weighted by molar-refractivity contribution is -0.122. The maximum atomic E-state index is 12.0. The molecule has 0 aromatic heterocycles. The number of ether oxygens (including phenoxy) is 1. The van der Waals surface area contributed by atoms with Gasteiger partial charge in [0.1, 0.15) is 5.75 Å². The molecule has 4 N–H and O–H groups in total. The molecular weight excluding hydrogens is 246 g/mol. The highest BCUT2D eigenvalue weighted by molar-refractivity contribution is 6.07. The minimum atomic E-state index is -0.0668. The largest absolute Gasteiger partial charge is 0.495 e. The second-order valence-corrected chi connectivity index (χ2v) is 4.49. The first kappa shape index (κ1) is 13.2. The van der Waals surface area contributed by atoms with Crippen LogP contribution in [0.25, 0.3) is 0 Å². The summed E-state index contributed by atoms with van der Waals surface area (Å²) in [5.41, 5.74) is 6.49. The minimum Gasteiger partial charge on any atom is -0.495 e. The molecule has 0 saturated heterocycles. The Balaban J connectivity index is 2.32. The molecular formula is C13H17N3O3. The fourth-order valence-corrected chi connectivity index (χ4v) is 1.99. The van der Waals surface area contributed by atoms with E-state index in [1.54, 1.807) is 18.2 Å². The Morgan fingerprint density at radius 1 is 1.53 bits per heavy atom. The van der Waals surface area contributed by atoms with E-state index in [4.69, 9.17) is 15.7 Å². The Bertz CT molecular complexity index is 510. The fraction of sp³-hybridized carbons (Fsp3) is 0.385. The lowest BCUT2D eigenvalue weighted by Gasteiger charge is -2.25. The van der Waals surface area contributed by atoms with Crippen LogP contribution in [0, 0.1) is 5.92 Å². The number of nitrogens with two attached hydrogens (primary N) is 1. The molecule has 6 nitrogen and oxygen atoms in total. The molecule has 19 heavy (non-hydrogen) atoms. The zero-order valence-corrected chi connectivity index (χ0v) is 10.7. The number of rotatable bonds is 4. The Morgan fingerprint density at radius 2 is 2.26 bits per heavy atom. The third kappa shape index (κ3) is 2.62. The number of methoxy groups -OCH3 is 1. The van der Waals surface area contributed by atoms with Crippen molar-refractivity contribution in [2.45, 2.75) is 19.3 Å². The second kappa shape index (κ2) is 5.60. The number of anilines is 1. The van der Waals surface area contributed by atoms with E-state index in [-0.39, 0.29) is 17.7 Å². The van der Waals surface area contributed by atoms with E-state index in [1.165, 1.54) is 7.11 Å². The predicted molar refractivity (Wildman–Crippen MR) is 71.5 cm³/mol. The zero-order chi connectivity index (χ0) is 13.8. The van der Waals surface area contributed by atoms with Crippen LogP contribution in [0.4, 0.5) is 5.69 Å². The number of carbonyl (C=O) groups is 1. The molecule has 0 atom stereocenters. The molecule has 0 heterocycles. The van der Waals surface area contributed by atoms with Crippen molar-refractivity contribution in [2.75, 3.05) is 12.4 Å². The summed E-state index contributed by atoms with van der Waals surface area (Å²) in [7, 11) is 1.50. The highest BCUT2D eigenvalue weighted by Gasteiger charge is 2.26. The molecule has 1 saturated carbocycles. The van der Waals surface area contributed by atoms with E-state index in [9.17, 15) is 4.79 Å². The summed E-state index contributed by atoms with van der Waals surface area (Å²) in [4.78, 5) is 12.0. The van der Waals surface area contributed by atoms with Crippen LogP contribution in [0.5, 0.6) is 5.75 Å². The first-order valence-corrected chi connectivity index (χ1v) is 6.13. The summed E-state index contributed by atoms with van der Waals surface area (Å²) in [5.74, 6) is 0.410. The van der Waals surface area contributed by atoms with Crippen LogP contribution in [0.3, 0.4) is 0 Å². The molecule has 1 aromatic rings. The number of carbonyl (C=O) groups excluding carboxylic acids is 1. The molecule has 6 heteroatoms. The molecule has 0 aliphatic heterocycles. The monoisotopic (exact) mass is 263 g/mol. The molecule has 2 rings (SSSR count). The minimum absolute atomic E-state index is 0.0463. The molecule has 1 aliphatic carbocycles. The molecule has 1 fully saturated rings. The normalized spacial score (nSPS) is 15.7. The van der Waals surface area contributed by atoms with Gasteiger partial charge < -0.3 is 21.0 Å². The average Bonchev–Trinajstić information content (AvgIpc) is 2.36. The summed E-state index contributed by atoms with van der Waals surface area (Å²) >= 11 is 0. The summed E-state index contributed by atoms with van der Waals surface area (Å²) in [6.07, 6.45) is 2.89. The second-order valence-electron chi connectivity index (χ2n) is 4.49. The van der Waals surface area contributed by atoms with Gasteiger partial charge in [0.25, 0.3) is 0 Å². The topological polar surface area (TPSA) is 96.9 Å². The Labute approximate surface area is 111 Å². The number of nitrogens with one attached hydrogen (secondary N) is 1. The van der Waals surface area contributed by atoms with Crippen molar-refractivity contribution >= 4 is 17.4 Å². The smallest absolute Gasteiger partial charge is 0.227 e. The third-order valence-electron chi connectivity index (χ3n) is 3.35. The first-order valence-electron chi connectivity index (χ1n) is 6.13. The van der Waals surface area contributed by atoms with Crippen LogP contribution >= 0.6 is 0 Å². The molecule has 1 aliphatic rings. The van der Waals surface area contributed by atoms with Gasteiger partial charge in [-0.05, 0) is 25.0 Å². The van der Waals surface area contributed by atoms with E-state index in [1.807, 2.05) is 0 Å². The van der Waals surface area contributed by atoms with Crippen molar-refractivity contribution in [3.63, 3.8) is 0 Å². The summed E-state index contributed by atoms with van der Waals surface area (Å²) in [5, 5.41) is 14.6. The van der Waals surface area contributed by atoms with Gasteiger partial charge in [-0.1, -0.05) is 17.6 Å². The summed E-state index contributed by atoms with van der Waals surface area (Å²) in [6.45, 7) is 0. The number of amidine groups is 1. The lowest BCUT2D eigenvalue weighted by Crippen LogP contribution is -2.29. The Kier molecular flexibility index (Phi) is 3.89. The lowest BCUT2D eigenvalue weighted by atomic mass is 9.84. The van der Waals surface area contributed by atoms with Gasteiger partial charge in [0.05, 0.1) is 12.8 Å². The van der Waals surface area contributed by atoms with E-state index in [2.05, 4.69) is 10.5 Å². The van der Waals surface area contributed by atoms with Crippen molar-refractivity contribution in [3.05, 3.63) is 23.8 Å². The molecule has 1 aromatic carbocycles. The maximum absolute atomic E-state index is 12.0. The SMILES string of the molecule is COc1cccc(/C(N)=N/O)c1NC(=O)C1CCC1. The summed E-state index contributed by atoms with van der Waals surface area (Å²) in [6, 6.07) is 5.09. The van der Waals surface area contributed by atoms with Crippen LogP contribution in [0.2, 0.25) is 0 Å². The van der Waals surface area contributed by atoms with Crippen LogP contribution in [0.1, 0.15) is 24.8 Å². The molecule has 0 spiro atoms. The van der Waals surface area contributed by atoms with Gasteiger partial charge in [-0.25, -0.2) is 0 Å². The number of hydrogen-bond donors (Lipinski definition) is 3. The summed E-state index contributed by atoms with van der Waals surface area (Å²) < 4.78 is 5.21. The van der Waals surface area contributed by atoms with Crippen LogP contribution in [0.15, 0.2) is 23.4 Å². The van der Waals surface area contributed by atoms with Crippen LogP contribution in [-0.2, 0) is 4.79 Å². The van der Waals surface area contributed by atoms with Gasteiger partial charge in [0, 0.05) is 11.5 Å². The van der Waals surface area contributed by atoms with Gasteiger partial charge in [-0.2, -0.15) is 0 Å². The third-order valence-corrected chi connectivity index (χ3v) is 3.35. The van der Waals surface area contributed by atoms with Gasteiger partial charge in [-0.3, -0.25) is 4.79 Å². The van der Waals surface area contributed by atoms with E-state index in [0.29, 0.717) is 17.0 Å². The number of nitrogens with zero attached hydrogens (tertiary/aromatic N) is 1. The zero-order valence-electron chi connectivity index (χ0n) is 10.7. The van der Waals surface area contributed by atoms with Crippen molar-refractivity contribution in [2.24, 2.45) is 16.8 Å². The fourth-order valence-electron chi connectivity index (χ4n) is 1.99. The number of para-hydroxylation sites is 1. The van der Waals surface area contributed by atoms with Crippen molar-refractivity contribution < 1.29 is 14.7 Å². The van der Waals surface area contributed by atoms with E-state index >= 15 is 0 Å². The highest BCUT2D eigenvalue weighted by Crippen LogP contribution is 2.32. The van der Waals surface area contributed by atoms with Gasteiger partial charge in [0.15, 0.2) is 5.84 Å². The molecule has 1 amide bonds. The molecule has 0 bridgehead atoms. The van der Waals surface area contributed by atoms with Crippen molar-refractivity contribution in [3.8, 4) is 5.75 Å². The number of oxime groups is 1. The first-order chi connectivity index (χ1) is 9.17. The highest BCUT2D eigenvalue weighted by atomic mass is 16.5. The predicted octanol–water partition coefficient (Wildman–Crippen LogP) is 1.53. The number of amides is 1. The Morgan fingerprint density at radius 3 is 2.79 bits per heavy atom. The quantitative estimate of drug-likeness (QED) is 0.332. The van der Waals surface area contributed by atoms with Crippen LogP contribution in [-0.4, -0.2) is 24.1 Å². The Hall–Kier alpha value is -2.24. The van der Waals surface area contributed by atoms with Crippen LogP contribution < -0.4 is 15.8 Å². The molecule has 102 valence electrons. The number of benzene rings is 1. The van der Waals surface area contributed by atoms with Crippen molar-refractivity contribution in [1.29, 1.82) is 0 Å². The maximum Gasteiger partial charge on any atom is 0.227 e. The van der Waals surface area contributed by atoms with E-state index in [0.717, 1.165) is 19.3 Å². The average molecular weight is 263 g/mol. The number of hydrogen-bond acceptors (Lipinski definition) is 4. The van der Waals surface area contributed by atoms with E-state index < -0.39 is 0 Å².